The molecule has 0 spiro atoms. The lowest BCUT2D eigenvalue weighted by atomic mass is 10.3. The minimum absolute atomic E-state index is 0.0114. The summed E-state index contributed by atoms with van der Waals surface area (Å²) in [4.78, 5) is 7.63. The van der Waals surface area contributed by atoms with Crippen LogP contribution in [0.25, 0.3) is 11.3 Å². The molecule has 2 aromatic rings. The van der Waals surface area contributed by atoms with Gasteiger partial charge in [0.2, 0.25) is 11.3 Å². The molecule has 0 fully saturated rings. The third kappa shape index (κ3) is 1.08. The van der Waals surface area contributed by atoms with Gasteiger partial charge in [0, 0.05) is 0 Å². The molecule has 0 aromatic carbocycles. The van der Waals surface area contributed by atoms with E-state index in [0.717, 1.165) is 11.7 Å². The summed E-state index contributed by atoms with van der Waals surface area (Å²) in [6.45, 7) is 0. The van der Waals surface area contributed by atoms with Crippen molar-refractivity contribution in [3.8, 4) is 12.1 Å². The maximum Gasteiger partial charge on any atom is 0.213 e. The van der Waals surface area contributed by atoms with Gasteiger partial charge >= 0.3 is 0 Å². The zero-order valence-corrected chi connectivity index (χ0v) is 6.91. The fourth-order valence-corrected chi connectivity index (χ4v) is 1.23. The predicted molar refractivity (Wildman–Crippen MR) is 42.4 cm³/mol. The molecule has 0 saturated carbocycles. The molecule has 0 unspecified atom stereocenters. The zero-order valence-electron chi connectivity index (χ0n) is 6.09. The number of aromatic nitrogens is 4. The number of hydrogen-bond donors (Lipinski definition) is 0. The van der Waals surface area contributed by atoms with E-state index in [4.69, 9.17) is 10.5 Å². The van der Waals surface area contributed by atoms with Gasteiger partial charge in [-0.25, -0.2) is 9.97 Å². The van der Waals surface area contributed by atoms with E-state index in [1.54, 1.807) is 12.1 Å². The summed E-state index contributed by atoms with van der Waals surface area (Å²) in [7, 11) is 0. The van der Waals surface area contributed by atoms with E-state index in [9.17, 15) is 0 Å². The first kappa shape index (κ1) is 7.53. The summed E-state index contributed by atoms with van der Waals surface area (Å²) in [5, 5.41) is 17.2. The van der Waals surface area contributed by atoms with Crippen molar-refractivity contribution >= 4 is 23.0 Å². The van der Waals surface area contributed by atoms with Crippen LogP contribution in [0.5, 0.6) is 0 Å². The van der Waals surface area contributed by atoms with Crippen molar-refractivity contribution < 1.29 is 0 Å². The Balaban J connectivity index is 2.85. The van der Waals surface area contributed by atoms with Crippen LogP contribution in [0, 0.1) is 22.7 Å². The lowest BCUT2D eigenvalue weighted by molar-refractivity contribution is 1.17. The van der Waals surface area contributed by atoms with Crippen LogP contribution in [0.1, 0.15) is 11.4 Å². The van der Waals surface area contributed by atoms with Crippen LogP contribution in [0.15, 0.2) is 0 Å². The summed E-state index contributed by atoms with van der Waals surface area (Å²) in [6, 6.07) is 3.54. The lowest BCUT2D eigenvalue weighted by Gasteiger charge is -1.89. The van der Waals surface area contributed by atoms with Crippen LogP contribution in [0.3, 0.4) is 0 Å². The van der Waals surface area contributed by atoms with Crippen molar-refractivity contribution in [2.75, 3.05) is 0 Å². The van der Waals surface area contributed by atoms with Crippen LogP contribution < -0.4 is 0 Å². The second kappa shape index (κ2) is 2.73. The van der Waals surface area contributed by atoms with E-state index < -0.39 is 0 Å². The Bertz CT molecular complexity index is 496. The van der Waals surface area contributed by atoms with Gasteiger partial charge in [0.05, 0.1) is 11.7 Å². The second-order valence-corrected chi connectivity index (χ2v) is 2.58. The number of rotatable bonds is 0. The van der Waals surface area contributed by atoms with Crippen LogP contribution in [0.4, 0.5) is 0 Å². The van der Waals surface area contributed by atoms with Crippen LogP contribution >= 0.6 is 11.7 Å². The maximum absolute atomic E-state index is 8.60. The SMILES string of the molecule is N#Cc1nc2nsnc2nc1C#N. The van der Waals surface area contributed by atoms with Crippen molar-refractivity contribution in [3.63, 3.8) is 0 Å². The van der Waals surface area contributed by atoms with E-state index in [2.05, 4.69) is 18.7 Å². The molecular weight excluding hydrogens is 188 g/mol. The lowest BCUT2D eigenvalue weighted by Crippen LogP contribution is -1.94. The van der Waals surface area contributed by atoms with E-state index in [1.807, 2.05) is 0 Å². The van der Waals surface area contributed by atoms with Crippen molar-refractivity contribution in [2.24, 2.45) is 0 Å². The zero-order chi connectivity index (χ0) is 9.26. The predicted octanol–water partition coefficient (Wildman–Crippen LogP) is 0.225. The first-order valence-electron chi connectivity index (χ1n) is 3.15. The molecule has 0 aliphatic heterocycles. The van der Waals surface area contributed by atoms with Crippen LogP contribution in [0.2, 0.25) is 0 Å². The normalized spacial score (nSPS) is 9.38. The largest absolute Gasteiger partial charge is 0.213 e. The molecule has 13 heavy (non-hydrogen) atoms. The van der Waals surface area contributed by atoms with E-state index in [-0.39, 0.29) is 11.4 Å². The smallest absolute Gasteiger partial charge is 0.210 e. The Morgan fingerprint density at radius 1 is 0.923 bits per heavy atom. The van der Waals surface area contributed by atoms with Crippen molar-refractivity contribution in [2.45, 2.75) is 0 Å². The van der Waals surface area contributed by atoms with Crippen molar-refractivity contribution in [3.05, 3.63) is 11.4 Å². The number of hydrogen-bond acceptors (Lipinski definition) is 7. The van der Waals surface area contributed by atoms with Crippen LogP contribution in [-0.4, -0.2) is 18.7 Å². The van der Waals surface area contributed by atoms with Gasteiger partial charge in [0.1, 0.15) is 12.1 Å². The quantitative estimate of drug-likeness (QED) is 0.586. The van der Waals surface area contributed by atoms with Crippen molar-refractivity contribution in [1.29, 1.82) is 10.5 Å². The Hall–Kier alpha value is -2.12. The third-order valence-corrected chi connectivity index (χ3v) is 1.84. The highest BCUT2D eigenvalue weighted by Gasteiger charge is 2.09. The van der Waals surface area contributed by atoms with Crippen molar-refractivity contribution in [1.82, 2.24) is 18.7 Å². The highest BCUT2D eigenvalue weighted by Crippen LogP contribution is 2.08. The molecule has 0 saturated heterocycles. The van der Waals surface area contributed by atoms with Gasteiger partial charge in [-0.05, 0) is 0 Å². The Morgan fingerprint density at radius 3 is 1.77 bits per heavy atom. The Labute approximate surface area is 76.4 Å². The average Bonchev–Trinajstić information content (AvgIpc) is 2.62. The molecule has 6 nitrogen and oxygen atoms in total. The highest BCUT2D eigenvalue weighted by molar-refractivity contribution is 6.99. The van der Waals surface area contributed by atoms with Gasteiger partial charge in [0.15, 0.2) is 11.4 Å². The number of nitriles is 2. The summed E-state index contributed by atoms with van der Waals surface area (Å²) >= 11 is 0.947. The van der Waals surface area contributed by atoms with Gasteiger partial charge in [-0.1, -0.05) is 0 Å². The number of nitrogens with zero attached hydrogens (tertiary/aromatic N) is 6. The molecule has 0 atom stereocenters. The van der Waals surface area contributed by atoms with Crippen LogP contribution in [-0.2, 0) is 0 Å². The molecule has 2 heterocycles. The standard InChI is InChI=1S/C6N6S/c7-1-3-4(2-8)10-6-5(9-3)11-13-12-6. The number of fused-ring (bicyclic) bond motifs is 1. The third-order valence-electron chi connectivity index (χ3n) is 1.33. The minimum atomic E-state index is -0.0114. The second-order valence-electron chi connectivity index (χ2n) is 2.06. The minimum Gasteiger partial charge on any atom is -0.210 e. The van der Waals surface area contributed by atoms with E-state index in [0.29, 0.717) is 11.3 Å². The molecule has 0 amide bonds. The molecule has 2 aromatic heterocycles. The highest BCUT2D eigenvalue weighted by atomic mass is 32.1. The Morgan fingerprint density at radius 2 is 1.38 bits per heavy atom. The van der Waals surface area contributed by atoms with Gasteiger partial charge < -0.3 is 0 Å². The first-order chi connectivity index (χ1) is 6.35. The van der Waals surface area contributed by atoms with Gasteiger partial charge in [-0.3, -0.25) is 0 Å². The van der Waals surface area contributed by atoms with Gasteiger partial charge in [0.25, 0.3) is 0 Å². The molecule has 0 aliphatic rings. The molecule has 0 radical (unpaired) electrons. The summed E-state index contributed by atoms with van der Waals surface area (Å²) in [5.74, 6) is 0. The Kier molecular flexibility index (Phi) is 1.58. The van der Waals surface area contributed by atoms with E-state index >= 15 is 0 Å². The topological polar surface area (TPSA) is 99.1 Å². The van der Waals surface area contributed by atoms with Gasteiger partial charge in [-0.2, -0.15) is 19.3 Å². The molecule has 2 rings (SSSR count). The summed E-state index contributed by atoms with van der Waals surface area (Å²) < 4.78 is 7.60. The molecule has 0 bridgehead atoms. The summed E-state index contributed by atoms with van der Waals surface area (Å²) in [6.07, 6.45) is 0. The molecule has 60 valence electrons. The van der Waals surface area contributed by atoms with E-state index in [1.165, 1.54) is 0 Å². The molecule has 0 aliphatic carbocycles. The maximum atomic E-state index is 8.60. The molecule has 7 heteroatoms. The molecule has 0 N–H and O–H groups in total. The average molecular weight is 188 g/mol. The fourth-order valence-electron chi connectivity index (χ4n) is 0.794. The van der Waals surface area contributed by atoms with Gasteiger partial charge in [-0.15, -0.1) is 0 Å². The monoisotopic (exact) mass is 188 g/mol. The molecular formula is C6N6S. The fraction of sp³-hybridized carbons (Fsp3) is 0. The summed E-state index contributed by atoms with van der Waals surface area (Å²) in [5.41, 5.74) is 0.589. The first-order valence-corrected chi connectivity index (χ1v) is 3.88.